The molecule has 0 spiro atoms. The van der Waals surface area contributed by atoms with E-state index in [1.807, 2.05) is 30.3 Å². The molecular formula is C22H16BrClN2O3S. The molecule has 2 heterocycles. The zero-order valence-electron chi connectivity index (χ0n) is 16.1. The zero-order chi connectivity index (χ0) is 21.4. The second kappa shape index (κ2) is 8.34. The number of allylic oxidation sites excluding steroid dienone is 1. The number of thiazole rings is 1. The van der Waals surface area contributed by atoms with Crippen LogP contribution in [0.2, 0.25) is 5.02 Å². The first-order valence-electron chi connectivity index (χ1n) is 9.01. The number of nitrogens with zero attached hydrogens (tertiary/aromatic N) is 2. The third-order valence-corrected chi connectivity index (χ3v) is 6.49. The number of rotatable bonds is 3. The highest BCUT2D eigenvalue weighted by Gasteiger charge is 2.32. The molecule has 8 heteroatoms. The standard InChI is InChI=1S/C22H16BrClN2O3S/c1-12-18(21(28)29-2)19(14-6-8-16(24)9-7-14)26-20(27)17(30-22(26)25-12)11-13-4-3-5-15(23)10-13/h3-11,19H,1-2H3. The number of methoxy groups -OCH3 is 1. The lowest BCUT2D eigenvalue weighted by atomic mass is 9.96. The molecule has 0 saturated heterocycles. The number of fused-ring (bicyclic) bond motifs is 1. The lowest BCUT2D eigenvalue weighted by Crippen LogP contribution is -2.39. The minimum absolute atomic E-state index is 0.215. The number of aromatic nitrogens is 1. The Morgan fingerprint density at radius 1 is 1.27 bits per heavy atom. The molecule has 0 amide bonds. The molecule has 0 fully saturated rings. The van der Waals surface area contributed by atoms with Gasteiger partial charge in [-0.3, -0.25) is 9.36 Å². The van der Waals surface area contributed by atoms with Gasteiger partial charge in [-0.2, -0.15) is 0 Å². The molecule has 4 rings (SSSR count). The van der Waals surface area contributed by atoms with Crippen LogP contribution in [0.25, 0.3) is 6.08 Å². The molecule has 0 saturated carbocycles. The number of carbonyl (C=O) groups is 1. The molecule has 1 aliphatic rings. The number of ether oxygens (including phenoxy) is 1. The van der Waals surface area contributed by atoms with E-state index >= 15 is 0 Å². The van der Waals surface area contributed by atoms with Gasteiger partial charge in [-0.1, -0.05) is 63.1 Å². The molecule has 3 aromatic rings. The summed E-state index contributed by atoms with van der Waals surface area (Å²) in [6, 6.07) is 14.1. The topological polar surface area (TPSA) is 60.7 Å². The van der Waals surface area contributed by atoms with E-state index in [0.29, 0.717) is 25.6 Å². The first kappa shape index (κ1) is 20.8. The van der Waals surface area contributed by atoms with Crippen LogP contribution in [0.3, 0.4) is 0 Å². The third-order valence-electron chi connectivity index (χ3n) is 4.76. The van der Waals surface area contributed by atoms with E-state index in [2.05, 4.69) is 20.9 Å². The van der Waals surface area contributed by atoms with Crippen molar-refractivity contribution < 1.29 is 9.53 Å². The summed E-state index contributed by atoms with van der Waals surface area (Å²) in [6.45, 7) is 1.75. The molecule has 0 bridgehead atoms. The third kappa shape index (κ3) is 3.80. The summed E-state index contributed by atoms with van der Waals surface area (Å²) >= 11 is 10.8. The summed E-state index contributed by atoms with van der Waals surface area (Å²) in [6.07, 6.45) is 1.82. The average molecular weight is 504 g/mol. The van der Waals surface area contributed by atoms with Gasteiger partial charge in [0, 0.05) is 9.50 Å². The highest BCUT2D eigenvalue weighted by molar-refractivity contribution is 9.10. The molecule has 0 radical (unpaired) electrons. The van der Waals surface area contributed by atoms with Crippen LogP contribution >= 0.6 is 38.9 Å². The van der Waals surface area contributed by atoms with Crippen molar-refractivity contribution in [1.82, 2.24) is 4.57 Å². The Morgan fingerprint density at radius 3 is 2.67 bits per heavy atom. The Bertz CT molecular complexity index is 1360. The minimum Gasteiger partial charge on any atom is -0.466 e. The van der Waals surface area contributed by atoms with Crippen molar-refractivity contribution in [2.75, 3.05) is 7.11 Å². The van der Waals surface area contributed by atoms with Gasteiger partial charge in [0.05, 0.1) is 29.0 Å². The Hall–Kier alpha value is -2.48. The first-order chi connectivity index (χ1) is 14.4. The number of carbonyl (C=O) groups excluding carboxylic acids is 1. The number of hydrogen-bond donors (Lipinski definition) is 0. The van der Waals surface area contributed by atoms with Crippen molar-refractivity contribution in [3.05, 3.63) is 100 Å². The highest BCUT2D eigenvalue weighted by Crippen LogP contribution is 2.31. The summed E-state index contributed by atoms with van der Waals surface area (Å²) in [5, 5.41) is 0.570. The smallest absolute Gasteiger partial charge is 0.338 e. The maximum absolute atomic E-state index is 13.4. The number of hydrogen-bond acceptors (Lipinski definition) is 5. The van der Waals surface area contributed by atoms with Crippen LogP contribution < -0.4 is 14.9 Å². The van der Waals surface area contributed by atoms with E-state index in [-0.39, 0.29) is 5.56 Å². The first-order valence-corrected chi connectivity index (χ1v) is 11.0. The van der Waals surface area contributed by atoms with Crippen LogP contribution in [0, 0.1) is 0 Å². The van der Waals surface area contributed by atoms with Gasteiger partial charge in [-0.25, -0.2) is 9.79 Å². The van der Waals surface area contributed by atoms with Gasteiger partial charge in [0.1, 0.15) is 0 Å². The maximum atomic E-state index is 13.4. The van der Waals surface area contributed by atoms with E-state index in [9.17, 15) is 9.59 Å². The molecule has 152 valence electrons. The van der Waals surface area contributed by atoms with E-state index < -0.39 is 12.0 Å². The number of esters is 1. The van der Waals surface area contributed by atoms with Crippen molar-refractivity contribution in [3.8, 4) is 0 Å². The van der Waals surface area contributed by atoms with Crippen molar-refractivity contribution in [1.29, 1.82) is 0 Å². The number of benzene rings is 2. The number of halogens is 2. The largest absolute Gasteiger partial charge is 0.466 e. The van der Waals surface area contributed by atoms with E-state index in [0.717, 1.165) is 15.6 Å². The maximum Gasteiger partial charge on any atom is 0.338 e. The second-order valence-corrected chi connectivity index (χ2v) is 9.04. The van der Waals surface area contributed by atoms with Crippen molar-refractivity contribution in [2.45, 2.75) is 13.0 Å². The van der Waals surface area contributed by atoms with Gasteiger partial charge < -0.3 is 4.74 Å². The fraction of sp³-hybridized carbons (Fsp3) is 0.136. The summed E-state index contributed by atoms with van der Waals surface area (Å²) in [7, 11) is 1.32. The quantitative estimate of drug-likeness (QED) is 0.511. The fourth-order valence-corrected chi connectivity index (χ4v) is 4.99. The van der Waals surface area contributed by atoms with Crippen LogP contribution in [0.1, 0.15) is 24.1 Å². The van der Waals surface area contributed by atoms with Crippen LogP contribution in [-0.4, -0.2) is 17.6 Å². The SMILES string of the molecule is COC(=O)C1=C(C)N=c2sc(=Cc3cccc(Br)c3)c(=O)n2C1c1ccc(Cl)cc1. The Kier molecular flexibility index (Phi) is 5.77. The van der Waals surface area contributed by atoms with Crippen molar-refractivity contribution in [3.63, 3.8) is 0 Å². The van der Waals surface area contributed by atoms with Crippen LogP contribution in [0.5, 0.6) is 0 Å². The van der Waals surface area contributed by atoms with Crippen LogP contribution in [0.15, 0.2) is 74.1 Å². The van der Waals surface area contributed by atoms with Crippen molar-refractivity contribution >= 4 is 50.9 Å². The monoisotopic (exact) mass is 502 g/mol. The Labute approximate surface area is 189 Å². The fourth-order valence-electron chi connectivity index (χ4n) is 3.40. The molecule has 2 aromatic carbocycles. The molecule has 5 nitrogen and oxygen atoms in total. The lowest BCUT2D eigenvalue weighted by Gasteiger charge is -2.24. The predicted octanol–water partition coefficient (Wildman–Crippen LogP) is 3.82. The van der Waals surface area contributed by atoms with Gasteiger partial charge in [0.15, 0.2) is 4.80 Å². The molecule has 1 atom stereocenters. The molecule has 0 N–H and O–H groups in total. The summed E-state index contributed by atoms with van der Waals surface area (Å²) in [5.41, 5.74) is 2.29. The second-order valence-electron chi connectivity index (χ2n) is 6.68. The van der Waals surface area contributed by atoms with Gasteiger partial charge in [-0.15, -0.1) is 0 Å². The van der Waals surface area contributed by atoms with E-state index in [4.69, 9.17) is 16.3 Å². The summed E-state index contributed by atoms with van der Waals surface area (Å²) in [5.74, 6) is -0.516. The molecule has 1 aromatic heterocycles. The van der Waals surface area contributed by atoms with Crippen LogP contribution in [0.4, 0.5) is 0 Å². The molecule has 1 aliphatic heterocycles. The van der Waals surface area contributed by atoms with Crippen LogP contribution in [-0.2, 0) is 9.53 Å². The normalized spacial score (nSPS) is 16.3. The van der Waals surface area contributed by atoms with Gasteiger partial charge >= 0.3 is 5.97 Å². The molecule has 30 heavy (non-hydrogen) atoms. The Morgan fingerprint density at radius 2 is 2.00 bits per heavy atom. The van der Waals surface area contributed by atoms with Crippen molar-refractivity contribution in [2.24, 2.45) is 4.99 Å². The summed E-state index contributed by atoms with van der Waals surface area (Å²) in [4.78, 5) is 31.0. The highest BCUT2D eigenvalue weighted by atomic mass is 79.9. The van der Waals surface area contributed by atoms with E-state index in [1.165, 1.54) is 18.4 Å². The van der Waals surface area contributed by atoms with Gasteiger partial charge in [0.25, 0.3) is 5.56 Å². The minimum atomic E-state index is -0.643. The van der Waals surface area contributed by atoms with Gasteiger partial charge in [0.2, 0.25) is 0 Å². The van der Waals surface area contributed by atoms with E-state index in [1.54, 1.807) is 35.8 Å². The zero-order valence-corrected chi connectivity index (χ0v) is 19.2. The van der Waals surface area contributed by atoms with Gasteiger partial charge in [-0.05, 0) is 48.4 Å². The average Bonchev–Trinajstić information content (AvgIpc) is 3.02. The molecular weight excluding hydrogens is 488 g/mol. The lowest BCUT2D eigenvalue weighted by molar-refractivity contribution is -0.136. The molecule has 1 unspecified atom stereocenters. The summed E-state index contributed by atoms with van der Waals surface area (Å²) < 4.78 is 8.01. The molecule has 0 aliphatic carbocycles. The Balaban J connectivity index is 1.98. The predicted molar refractivity (Wildman–Crippen MR) is 121 cm³/mol.